The second-order valence-electron chi connectivity index (χ2n) is 7.88. The number of benzene rings is 2. The zero-order valence-corrected chi connectivity index (χ0v) is 19.7. The monoisotopic (exact) mass is 490 g/mol. The van der Waals surface area contributed by atoms with Crippen molar-refractivity contribution in [1.29, 1.82) is 0 Å². The average molecular weight is 491 g/mol. The van der Waals surface area contributed by atoms with Gasteiger partial charge in [0, 0.05) is 36.2 Å². The SMILES string of the molecule is COc1ccc(NC(=O)Nc2ccc(-c3nc(N4CCOCC4)c4ncc(Cl)cc4n3)cc2)cc1. The zero-order valence-electron chi connectivity index (χ0n) is 19.0. The maximum Gasteiger partial charge on any atom is 0.323 e. The van der Waals surface area contributed by atoms with E-state index in [0.717, 1.165) is 30.2 Å². The lowest BCUT2D eigenvalue weighted by atomic mass is 10.2. The van der Waals surface area contributed by atoms with Gasteiger partial charge < -0.3 is 25.0 Å². The minimum absolute atomic E-state index is 0.347. The van der Waals surface area contributed by atoms with Crippen LogP contribution in [-0.4, -0.2) is 54.4 Å². The number of carbonyl (C=O) groups is 1. The van der Waals surface area contributed by atoms with Gasteiger partial charge in [-0.25, -0.2) is 19.7 Å². The fraction of sp³-hybridized carbons (Fsp3) is 0.200. The van der Waals surface area contributed by atoms with Crippen molar-refractivity contribution >= 4 is 45.9 Å². The number of amides is 2. The first kappa shape index (κ1) is 22.8. The number of hydrogen-bond acceptors (Lipinski definition) is 7. The molecule has 2 aromatic heterocycles. The molecule has 2 amide bonds. The van der Waals surface area contributed by atoms with Crippen LogP contribution in [0, 0.1) is 0 Å². The molecule has 0 saturated carbocycles. The number of hydrogen-bond donors (Lipinski definition) is 2. The van der Waals surface area contributed by atoms with Gasteiger partial charge in [0.25, 0.3) is 0 Å². The number of pyridine rings is 1. The summed E-state index contributed by atoms with van der Waals surface area (Å²) < 4.78 is 10.6. The Hall–Kier alpha value is -3.95. The quantitative estimate of drug-likeness (QED) is 0.413. The maximum absolute atomic E-state index is 12.4. The second-order valence-corrected chi connectivity index (χ2v) is 8.31. The fourth-order valence-corrected chi connectivity index (χ4v) is 3.93. The summed E-state index contributed by atoms with van der Waals surface area (Å²) in [6.07, 6.45) is 1.61. The predicted octanol–water partition coefficient (Wildman–Crippen LogP) is 4.83. The molecular weight excluding hydrogens is 468 g/mol. The van der Waals surface area contributed by atoms with E-state index in [9.17, 15) is 4.79 Å². The molecule has 1 fully saturated rings. The summed E-state index contributed by atoms with van der Waals surface area (Å²) >= 11 is 6.19. The highest BCUT2D eigenvalue weighted by atomic mass is 35.5. The van der Waals surface area contributed by atoms with Gasteiger partial charge >= 0.3 is 6.03 Å². The van der Waals surface area contributed by atoms with Gasteiger partial charge in [0.05, 0.1) is 30.9 Å². The Balaban J connectivity index is 1.36. The first-order valence-electron chi connectivity index (χ1n) is 11.1. The van der Waals surface area contributed by atoms with E-state index in [4.69, 9.17) is 31.0 Å². The summed E-state index contributed by atoms with van der Waals surface area (Å²) in [5.74, 6) is 2.03. The predicted molar refractivity (Wildman–Crippen MR) is 136 cm³/mol. The summed E-state index contributed by atoms with van der Waals surface area (Å²) in [4.78, 5) is 28.5. The molecule has 0 unspecified atom stereocenters. The van der Waals surface area contributed by atoms with Crippen molar-refractivity contribution in [3.05, 3.63) is 65.8 Å². The third kappa shape index (κ3) is 5.26. The molecule has 1 saturated heterocycles. The van der Waals surface area contributed by atoms with Crippen molar-refractivity contribution < 1.29 is 14.3 Å². The smallest absolute Gasteiger partial charge is 0.323 e. The largest absolute Gasteiger partial charge is 0.497 e. The maximum atomic E-state index is 12.4. The van der Waals surface area contributed by atoms with E-state index in [1.165, 1.54) is 0 Å². The van der Waals surface area contributed by atoms with Gasteiger partial charge in [0.1, 0.15) is 11.3 Å². The molecule has 1 aliphatic heterocycles. The van der Waals surface area contributed by atoms with E-state index >= 15 is 0 Å². The molecule has 0 spiro atoms. The molecule has 0 atom stereocenters. The molecule has 2 N–H and O–H groups in total. The molecular formula is C25H23ClN6O3. The number of nitrogens with zero attached hydrogens (tertiary/aromatic N) is 4. The molecule has 0 bridgehead atoms. The van der Waals surface area contributed by atoms with Crippen molar-refractivity contribution in [2.75, 3.05) is 48.9 Å². The Labute approximate surface area is 207 Å². The van der Waals surface area contributed by atoms with Crippen LogP contribution in [0.2, 0.25) is 5.02 Å². The highest BCUT2D eigenvalue weighted by Crippen LogP contribution is 2.29. The number of ether oxygens (including phenoxy) is 2. The molecule has 9 nitrogen and oxygen atoms in total. The number of methoxy groups -OCH3 is 1. The highest BCUT2D eigenvalue weighted by Gasteiger charge is 2.19. The first-order chi connectivity index (χ1) is 17.1. The number of carbonyl (C=O) groups excluding carboxylic acids is 1. The van der Waals surface area contributed by atoms with Crippen LogP contribution >= 0.6 is 11.6 Å². The molecule has 10 heteroatoms. The molecule has 0 aliphatic carbocycles. The molecule has 5 rings (SSSR count). The molecule has 1 aliphatic rings. The topological polar surface area (TPSA) is 102 Å². The summed E-state index contributed by atoms with van der Waals surface area (Å²) in [7, 11) is 1.59. The number of anilines is 3. The first-order valence-corrected chi connectivity index (χ1v) is 11.5. The van der Waals surface area contributed by atoms with E-state index < -0.39 is 0 Å². The third-order valence-electron chi connectivity index (χ3n) is 5.54. The molecule has 4 aromatic rings. The number of urea groups is 1. The van der Waals surface area contributed by atoms with Crippen molar-refractivity contribution in [2.45, 2.75) is 0 Å². The Kier molecular flexibility index (Phi) is 6.60. The molecule has 0 radical (unpaired) electrons. The lowest BCUT2D eigenvalue weighted by Crippen LogP contribution is -2.37. The summed E-state index contributed by atoms with van der Waals surface area (Å²) in [6.45, 7) is 2.71. The van der Waals surface area contributed by atoms with Crippen molar-refractivity contribution in [3.8, 4) is 17.1 Å². The van der Waals surface area contributed by atoms with Crippen LogP contribution in [0.5, 0.6) is 5.75 Å². The number of halogens is 1. The van der Waals surface area contributed by atoms with E-state index in [0.29, 0.717) is 46.5 Å². The summed E-state index contributed by atoms with van der Waals surface area (Å²) in [5.41, 5.74) is 3.48. The standard InChI is InChI=1S/C25H23ClN6O3/c1-34-20-8-6-19(7-9-20)29-25(33)28-18-4-2-16(3-5-18)23-30-21-14-17(26)15-27-22(21)24(31-23)32-10-12-35-13-11-32/h2-9,14-15H,10-13H2,1H3,(H2,28,29,33). The lowest BCUT2D eigenvalue weighted by molar-refractivity contribution is 0.122. The van der Waals surface area contributed by atoms with Gasteiger partial charge in [0.15, 0.2) is 11.6 Å². The van der Waals surface area contributed by atoms with Gasteiger partial charge in [-0.3, -0.25) is 0 Å². The Morgan fingerprint density at radius 3 is 2.31 bits per heavy atom. The lowest BCUT2D eigenvalue weighted by Gasteiger charge is -2.28. The average Bonchev–Trinajstić information content (AvgIpc) is 2.89. The molecule has 3 heterocycles. The van der Waals surface area contributed by atoms with E-state index in [-0.39, 0.29) is 6.03 Å². The van der Waals surface area contributed by atoms with Crippen molar-refractivity contribution in [1.82, 2.24) is 15.0 Å². The molecule has 2 aromatic carbocycles. The van der Waals surface area contributed by atoms with Crippen LogP contribution in [0.1, 0.15) is 0 Å². The fourth-order valence-electron chi connectivity index (χ4n) is 3.77. The van der Waals surface area contributed by atoms with Crippen LogP contribution in [0.25, 0.3) is 22.4 Å². The number of morpholine rings is 1. The Morgan fingerprint density at radius 1 is 1.00 bits per heavy atom. The normalized spacial score (nSPS) is 13.5. The molecule has 178 valence electrons. The van der Waals surface area contributed by atoms with E-state index in [1.54, 1.807) is 55.8 Å². The third-order valence-corrected chi connectivity index (χ3v) is 5.75. The van der Waals surface area contributed by atoms with Gasteiger partial charge in [-0.1, -0.05) is 11.6 Å². The van der Waals surface area contributed by atoms with Gasteiger partial charge in [-0.05, 0) is 54.6 Å². The Morgan fingerprint density at radius 2 is 1.66 bits per heavy atom. The van der Waals surface area contributed by atoms with Crippen LogP contribution in [0.15, 0.2) is 60.8 Å². The van der Waals surface area contributed by atoms with E-state index in [2.05, 4.69) is 20.5 Å². The second kappa shape index (κ2) is 10.1. The van der Waals surface area contributed by atoms with Crippen LogP contribution < -0.4 is 20.3 Å². The summed E-state index contributed by atoms with van der Waals surface area (Å²) in [6, 6.07) is 15.9. The van der Waals surface area contributed by atoms with Gasteiger partial charge in [-0.15, -0.1) is 0 Å². The zero-order chi connectivity index (χ0) is 24.2. The summed E-state index contributed by atoms with van der Waals surface area (Å²) in [5, 5.41) is 6.13. The minimum Gasteiger partial charge on any atom is -0.497 e. The van der Waals surface area contributed by atoms with Crippen LogP contribution in [-0.2, 0) is 4.74 Å². The van der Waals surface area contributed by atoms with Crippen molar-refractivity contribution in [2.24, 2.45) is 0 Å². The molecule has 35 heavy (non-hydrogen) atoms. The van der Waals surface area contributed by atoms with E-state index in [1.807, 2.05) is 12.1 Å². The number of fused-ring (bicyclic) bond motifs is 1. The van der Waals surface area contributed by atoms with Gasteiger partial charge in [0.2, 0.25) is 0 Å². The van der Waals surface area contributed by atoms with Crippen molar-refractivity contribution in [3.63, 3.8) is 0 Å². The van der Waals surface area contributed by atoms with Gasteiger partial charge in [-0.2, -0.15) is 0 Å². The minimum atomic E-state index is -0.347. The van der Waals surface area contributed by atoms with Crippen LogP contribution in [0.4, 0.5) is 22.0 Å². The Bertz CT molecular complexity index is 1340. The number of nitrogens with one attached hydrogen (secondary N) is 2. The highest BCUT2D eigenvalue weighted by molar-refractivity contribution is 6.31. The number of aromatic nitrogens is 3. The number of rotatable bonds is 5. The van der Waals surface area contributed by atoms with Crippen LogP contribution in [0.3, 0.4) is 0 Å².